The van der Waals surface area contributed by atoms with Crippen molar-refractivity contribution in [2.75, 3.05) is 5.32 Å². The molecule has 1 atom stereocenters. The first kappa shape index (κ1) is 15.8. The quantitative estimate of drug-likeness (QED) is 0.746. The van der Waals surface area contributed by atoms with Crippen LogP contribution in [0, 0.1) is 12.8 Å². The van der Waals surface area contributed by atoms with E-state index in [9.17, 15) is 0 Å². The Kier molecular flexibility index (Phi) is 5.24. The molecule has 0 amide bonds. The van der Waals surface area contributed by atoms with Crippen LogP contribution in [-0.2, 0) is 6.42 Å². The molecule has 2 aromatic rings. The molecule has 0 fully saturated rings. The van der Waals surface area contributed by atoms with Crippen LogP contribution in [0.1, 0.15) is 43.6 Å². The fraction of sp³-hybridized carbons (Fsp3) is 0.389. The number of aryl methyl sites for hydroxylation is 1. The second kappa shape index (κ2) is 6.95. The molecule has 2 nitrogen and oxygen atoms in total. The molecule has 0 radical (unpaired) electrons. The number of aromatic nitrogens is 1. The van der Waals surface area contributed by atoms with Gasteiger partial charge in [-0.3, -0.25) is 0 Å². The Balaban J connectivity index is 2.07. The van der Waals surface area contributed by atoms with E-state index >= 15 is 0 Å². The van der Waals surface area contributed by atoms with E-state index in [1.807, 2.05) is 19.1 Å². The highest BCUT2D eigenvalue weighted by Crippen LogP contribution is 2.23. The molecule has 112 valence electrons. The normalized spacial score (nSPS) is 12.5. The summed E-state index contributed by atoms with van der Waals surface area (Å²) in [6.07, 6.45) is 1.13. The van der Waals surface area contributed by atoms with Crippen LogP contribution in [0.15, 0.2) is 36.4 Å². The standard InChI is InChI=1S/C18H23ClN2/c1-12(2)11-15-5-7-16(8-6-15)13(3)20-17-9-10-18(19)21-14(17)4/h5-10,12-13,20H,11H2,1-4H3. The van der Waals surface area contributed by atoms with E-state index in [2.05, 4.69) is 55.3 Å². The first-order valence-electron chi connectivity index (χ1n) is 7.44. The van der Waals surface area contributed by atoms with Crippen molar-refractivity contribution in [3.05, 3.63) is 58.4 Å². The number of rotatable bonds is 5. The molecule has 1 aromatic heterocycles. The van der Waals surface area contributed by atoms with Crippen LogP contribution >= 0.6 is 11.6 Å². The Bertz CT molecular complexity index is 591. The summed E-state index contributed by atoms with van der Waals surface area (Å²) in [7, 11) is 0. The number of anilines is 1. The second-order valence-electron chi connectivity index (χ2n) is 5.97. The summed E-state index contributed by atoms with van der Waals surface area (Å²) < 4.78 is 0. The average molecular weight is 303 g/mol. The van der Waals surface area contributed by atoms with Crippen LogP contribution in [-0.4, -0.2) is 4.98 Å². The van der Waals surface area contributed by atoms with Crippen LogP contribution in [0.3, 0.4) is 0 Å². The third kappa shape index (κ3) is 4.47. The van der Waals surface area contributed by atoms with E-state index in [1.54, 1.807) is 0 Å². The van der Waals surface area contributed by atoms with Gasteiger partial charge in [0.25, 0.3) is 0 Å². The molecule has 0 aliphatic rings. The van der Waals surface area contributed by atoms with Crippen LogP contribution < -0.4 is 5.32 Å². The molecule has 21 heavy (non-hydrogen) atoms. The molecule has 0 saturated heterocycles. The van der Waals surface area contributed by atoms with Crippen LogP contribution in [0.4, 0.5) is 5.69 Å². The van der Waals surface area contributed by atoms with Crippen molar-refractivity contribution in [1.82, 2.24) is 4.98 Å². The van der Waals surface area contributed by atoms with Gasteiger partial charge in [0.2, 0.25) is 0 Å². The molecule has 0 aliphatic carbocycles. The fourth-order valence-corrected chi connectivity index (χ4v) is 2.60. The predicted octanol–water partition coefficient (Wildman–Crippen LogP) is 5.42. The molecule has 0 spiro atoms. The van der Waals surface area contributed by atoms with Gasteiger partial charge in [0.15, 0.2) is 0 Å². The molecule has 1 heterocycles. The van der Waals surface area contributed by atoms with Crippen LogP contribution in [0.2, 0.25) is 5.15 Å². The summed E-state index contributed by atoms with van der Waals surface area (Å²) in [5.41, 5.74) is 4.62. The zero-order valence-electron chi connectivity index (χ0n) is 13.2. The smallest absolute Gasteiger partial charge is 0.129 e. The summed E-state index contributed by atoms with van der Waals surface area (Å²) in [5.74, 6) is 0.689. The fourth-order valence-electron chi connectivity index (χ4n) is 2.41. The Labute approximate surface area is 132 Å². The van der Waals surface area contributed by atoms with E-state index in [4.69, 9.17) is 11.6 Å². The SMILES string of the molecule is Cc1nc(Cl)ccc1NC(C)c1ccc(CC(C)C)cc1. The summed E-state index contributed by atoms with van der Waals surface area (Å²) in [6.45, 7) is 8.61. The zero-order chi connectivity index (χ0) is 15.4. The Hall–Kier alpha value is -1.54. The average Bonchev–Trinajstić information content (AvgIpc) is 2.42. The minimum absolute atomic E-state index is 0.236. The molecule has 3 heteroatoms. The minimum Gasteiger partial charge on any atom is -0.377 e. The first-order valence-corrected chi connectivity index (χ1v) is 7.82. The van der Waals surface area contributed by atoms with E-state index in [-0.39, 0.29) is 6.04 Å². The van der Waals surface area contributed by atoms with Gasteiger partial charge in [-0.25, -0.2) is 4.98 Å². The van der Waals surface area contributed by atoms with Crippen LogP contribution in [0.25, 0.3) is 0 Å². The summed E-state index contributed by atoms with van der Waals surface area (Å²) in [4.78, 5) is 4.27. The lowest BCUT2D eigenvalue weighted by Crippen LogP contribution is -2.08. The molecule has 1 N–H and O–H groups in total. The van der Waals surface area contributed by atoms with E-state index in [0.29, 0.717) is 11.1 Å². The van der Waals surface area contributed by atoms with Crippen molar-refractivity contribution in [1.29, 1.82) is 0 Å². The predicted molar refractivity (Wildman–Crippen MR) is 91.0 cm³/mol. The number of pyridine rings is 1. The Morgan fingerprint density at radius 3 is 2.29 bits per heavy atom. The Morgan fingerprint density at radius 2 is 1.71 bits per heavy atom. The zero-order valence-corrected chi connectivity index (χ0v) is 13.9. The van der Waals surface area contributed by atoms with Gasteiger partial charge in [0.05, 0.1) is 11.4 Å². The van der Waals surface area contributed by atoms with Gasteiger partial charge >= 0.3 is 0 Å². The molecule has 2 rings (SSSR count). The number of hydrogen-bond acceptors (Lipinski definition) is 2. The lowest BCUT2D eigenvalue weighted by molar-refractivity contribution is 0.647. The summed E-state index contributed by atoms with van der Waals surface area (Å²) in [6, 6.07) is 12.9. The third-order valence-electron chi connectivity index (χ3n) is 3.55. The number of nitrogens with one attached hydrogen (secondary N) is 1. The van der Waals surface area contributed by atoms with E-state index in [1.165, 1.54) is 11.1 Å². The maximum Gasteiger partial charge on any atom is 0.129 e. The van der Waals surface area contributed by atoms with Crippen molar-refractivity contribution in [3.63, 3.8) is 0 Å². The largest absolute Gasteiger partial charge is 0.377 e. The molecule has 0 bridgehead atoms. The molecular weight excluding hydrogens is 280 g/mol. The van der Waals surface area contributed by atoms with Gasteiger partial charge in [0.1, 0.15) is 5.15 Å². The molecular formula is C18H23ClN2. The number of halogens is 1. The third-order valence-corrected chi connectivity index (χ3v) is 3.76. The molecule has 0 saturated carbocycles. The van der Waals surface area contributed by atoms with Gasteiger partial charge in [0, 0.05) is 6.04 Å². The van der Waals surface area contributed by atoms with Gasteiger partial charge in [-0.05, 0) is 49.4 Å². The monoisotopic (exact) mass is 302 g/mol. The maximum atomic E-state index is 5.89. The van der Waals surface area contributed by atoms with E-state index in [0.717, 1.165) is 17.8 Å². The van der Waals surface area contributed by atoms with Crippen molar-refractivity contribution in [2.45, 2.75) is 40.2 Å². The highest BCUT2D eigenvalue weighted by Gasteiger charge is 2.08. The number of benzene rings is 1. The highest BCUT2D eigenvalue weighted by molar-refractivity contribution is 6.29. The minimum atomic E-state index is 0.236. The maximum absolute atomic E-state index is 5.89. The lowest BCUT2D eigenvalue weighted by Gasteiger charge is -2.17. The number of hydrogen-bond donors (Lipinski definition) is 1. The lowest BCUT2D eigenvalue weighted by atomic mass is 10.00. The molecule has 1 unspecified atom stereocenters. The first-order chi connectivity index (χ1) is 9.95. The van der Waals surface area contributed by atoms with Crippen molar-refractivity contribution in [3.8, 4) is 0 Å². The Morgan fingerprint density at radius 1 is 1.05 bits per heavy atom. The second-order valence-corrected chi connectivity index (χ2v) is 6.36. The van der Waals surface area contributed by atoms with E-state index < -0.39 is 0 Å². The van der Waals surface area contributed by atoms with Gasteiger partial charge in [-0.15, -0.1) is 0 Å². The van der Waals surface area contributed by atoms with Crippen molar-refractivity contribution >= 4 is 17.3 Å². The summed E-state index contributed by atoms with van der Waals surface area (Å²) >= 11 is 5.89. The van der Waals surface area contributed by atoms with Crippen LogP contribution in [0.5, 0.6) is 0 Å². The van der Waals surface area contributed by atoms with Gasteiger partial charge < -0.3 is 5.32 Å². The van der Waals surface area contributed by atoms with Crippen molar-refractivity contribution in [2.24, 2.45) is 5.92 Å². The van der Waals surface area contributed by atoms with Gasteiger partial charge in [-0.2, -0.15) is 0 Å². The topological polar surface area (TPSA) is 24.9 Å². The molecule has 1 aromatic carbocycles. The van der Waals surface area contributed by atoms with Crippen molar-refractivity contribution < 1.29 is 0 Å². The molecule has 0 aliphatic heterocycles. The number of nitrogens with zero attached hydrogens (tertiary/aromatic N) is 1. The van der Waals surface area contributed by atoms with Gasteiger partial charge in [-0.1, -0.05) is 49.7 Å². The highest BCUT2D eigenvalue weighted by atomic mass is 35.5. The summed E-state index contributed by atoms with van der Waals surface area (Å²) in [5, 5.41) is 4.02.